The number of ether oxygens (including phenoxy) is 1. The van der Waals surface area contributed by atoms with Gasteiger partial charge >= 0.3 is 0 Å². The monoisotopic (exact) mass is 387 g/mol. The van der Waals surface area contributed by atoms with Crippen molar-refractivity contribution in [3.8, 4) is 0 Å². The Balaban J connectivity index is 1.51. The average Bonchev–Trinajstić information content (AvgIpc) is 2.68. The Labute approximate surface area is 170 Å². The number of piperidine rings is 1. The molecule has 1 amide bonds. The largest absolute Gasteiger partial charge is 0.378 e. The number of hydrogen-bond donors (Lipinski definition) is 2. The molecule has 3 rings (SSSR count). The van der Waals surface area contributed by atoms with Crippen LogP contribution in [0.4, 0.5) is 0 Å². The summed E-state index contributed by atoms with van der Waals surface area (Å²) in [6, 6.07) is 9.25. The maximum absolute atomic E-state index is 12.8. The molecular weight excluding hydrogens is 350 g/mol. The zero-order valence-electron chi connectivity index (χ0n) is 18.0. The first kappa shape index (κ1) is 21.3. The molecule has 0 bridgehead atoms. The highest BCUT2D eigenvalue weighted by atomic mass is 16.5. The lowest BCUT2D eigenvalue weighted by Crippen LogP contribution is -2.75. The molecule has 1 aromatic carbocycles. The first-order valence-corrected chi connectivity index (χ1v) is 10.8. The van der Waals surface area contributed by atoms with Crippen LogP contribution in [0.25, 0.3) is 0 Å². The summed E-state index contributed by atoms with van der Waals surface area (Å²) in [5, 5.41) is 3.04. The van der Waals surface area contributed by atoms with Crippen molar-refractivity contribution in [2.45, 2.75) is 84.2 Å². The summed E-state index contributed by atoms with van der Waals surface area (Å²) in [5.41, 5.74) is 7.66. The standard InChI is InChI=1S/C23H37N3O2/c1-5-28-20-14-23(24,22(20,3)4)21(27)25-15-18-9-11-19(12-10-18)16-26-13-7-6-8-17(26)2/h9-12,17,20H,5-8,13-16,24H2,1-4H3,(H,25,27). The molecule has 0 radical (unpaired) electrons. The summed E-state index contributed by atoms with van der Waals surface area (Å²) in [5.74, 6) is -0.0836. The number of hydrogen-bond acceptors (Lipinski definition) is 4. The third kappa shape index (κ3) is 4.12. The third-order valence-electron chi connectivity index (χ3n) is 7.04. The van der Waals surface area contributed by atoms with Crippen molar-refractivity contribution in [3.05, 3.63) is 35.4 Å². The van der Waals surface area contributed by atoms with Crippen LogP contribution in [-0.4, -0.2) is 41.6 Å². The molecule has 1 saturated heterocycles. The Bertz CT molecular complexity index is 673. The summed E-state index contributed by atoms with van der Waals surface area (Å²) in [7, 11) is 0. The molecule has 0 spiro atoms. The Morgan fingerprint density at radius 2 is 1.93 bits per heavy atom. The number of likely N-dealkylation sites (tertiary alicyclic amines) is 1. The van der Waals surface area contributed by atoms with Crippen molar-refractivity contribution in [1.82, 2.24) is 10.2 Å². The molecule has 3 unspecified atom stereocenters. The van der Waals surface area contributed by atoms with Gasteiger partial charge in [-0.25, -0.2) is 0 Å². The fourth-order valence-electron chi connectivity index (χ4n) is 4.55. The summed E-state index contributed by atoms with van der Waals surface area (Å²) >= 11 is 0. The van der Waals surface area contributed by atoms with Crippen molar-refractivity contribution < 1.29 is 9.53 Å². The number of rotatable bonds is 7. The smallest absolute Gasteiger partial charge is 0.241 e. The van der Waals surface area contributed by atoms with E-state index in [0.29, 0.717) is 25.6 Å². The first-order chi connectivity index (χ1) is 13.3. The van der Waals surface area contributed by atoms with Crippen LogP contribution in [0, 0.1) is 5.41 Å². The molecule has 2 aliphatic rings. The number of benzene rings is 1. The highest BCUT2D eigenvalue weighted by Crippen LogP contribution is 2.49. The highest BCUT2D eigenvalue weighted by molar-refractivity contribution is 5.88. The Hall–Kier alpha value is -1.43. The number of nitrogens with two attached hydrogens (primary N) is 1. The van der Waals surface area contributed by atoms with E-state index < -0.39 is 5.54 Å². The Morgan fingerprint density at radius 1 is 1.25 bits per heavy atom. The molecule has 3 atom stereocenters. The van der Waals surface area contributed by atoms with Gasteiger partial charge in [0.15, 0.2) is 0 Å². The van der Waals surface area contributed by atoms with E-state index in [-0.39, 0.29) is 17.4 Å². The quantitative estimate of drug-likeness (QED) is 0.754. The van der Waals surface area contributed by atoms with Gasteiger partial charge < -0.3 is 15.8 Å². The number of carbonyl (C=O) groups excluding carboxylic acids is 1. The van der Waals surface area contributed by atoms with Crippen LogP contribution in [0.5, 0.6) is 0 Å². The summed E-state index contributed by atoms with van der Waals surface area (Å²) in [6.45, 7) is 11.7. The first-order valence-electron chi connectivity index (χ1n) is 10.8. The molecule has 5 nitrogen and oxygen atoms in total. The molecule has 156 valence electrons. The molecule has 1 heterocycles. The van der Waals surface area contributed by atoms with Crippen LogP contribution in [0.3, 0.4) is 0 Å². The summed E-state index contributed by atoms with van der Waals surface area (Å²) in [6.07, 6.45) is 4.57. The SMILES string of the molecule is CCOC1CC(N)(C(=O)NCc2ccc(CN3CCCCC3C)cc2)C1(C)C. The maximum Gasteiger partial charge on any atom is 0.241 e. The van der Waals surface area contributed by atoms with Gasteiger partial charge in [-0.2, -0.15) is 0 Å². The third-order valence-corrected chi connectivity index (χ3v) is 7.04. The lowest BCUT2D eigenvalue weighted by atomic mass is 9.54. The van der Waals surface area contributed by atoms with Gasteiger partial charge in [0.25, 0.3) is 0 Å². The van der Waals surface area contributed by atoms with E-state index in [4.69, 9.17) is 10.5 Å². The second-order valence-electron chi connectivity index (χ2n) is 9.16. The Morgan fingerprint density at radius 3 is 2.54 bits per heavy atom. The topological polar surface area (TPSA) is 67.6 Å². The van der Waals surface area contributed by atoms with Gasteiger partial charge in [0.2, 0.25) is 5.91 Å². The van der Waals surface area contributed by atoms with Crippen LogP contribution >= 0.6 is 0 Å². The molecular formula is C23H37N3O2. The predicted octanol–water partition coefficient (Wildman–Crippen LogP) is 3.21. The van der Waals surface area contributed by atoms with Gasteiger partial charge in [-0.15, -0.1) is 0 Å². The minimum atomic E-state index is -0.864. The second kappa shape index (κ2) is 8.52. The number of nitrogens with one attached hydrogen (secondary N) is 1. The van der Waals surface area contributed by atoms with E-state index in [2.05, 4.69) is 41.4 Å². The van der Waals surface area contributed by atoms with Crippen LogP contribution < -0.4 is 11.1 Å². The van der Waals surface area contributed by atoms with Gasteiger partial charge in [0.1, 0.15) is 5.54 Å². The molecule has 1 saturated carbocycles. The summed E-state index contributed by atoms with van der Waals surface area (Å²) < 4.78 is 5.72. The minimum Gasteiger partial charge on any atom is -0.378 e. The molecule has 1 aromatic rings. The lowest BCUT2D eigenvalue weighted by Gasteiger charge is -2.57. The van der Waals surface area contributed by atoms with E-state index in [1.807, 2.05) is 20.8 Å². The van der Waals surface area contributed by atoms with E-state index in [9.17, 15) is 4.79 Å². The van der Waals surface area contributed by atoms with Crippen LogP contribution in [-0.2, 0) is 22.6 Å². The normalized spacial score (nSPS) is 29.9. The molecule has 28 heavy (non-hydrogen) atoms. The average molecular weight is 388 g/mol. The molecule has 3 N–H and O–H groups in total. The van der Waals surface area contributed by atoms with Crippen molar-refractivity contribution in [2.75, 3.05) is 13.2 Å². The van der Waals surface area contributed by atoms with E-state index in [1.165, 1.54) is 31.4 Å². The maximum atomic E-state index is 12.8. The molecule has 0 aromatic heterocycles. The number of carbonyl (C=O) groups is 1. The highest BCUT2D eigenvalue weighted by Gasteiger charge is 2.62. The number of amides is 1. The number of nitrogens with zero attached hydrogens (tertiary/aromatic N) is 1. The fraction of sp³-hybridized carbons (Fsp3) is 0.696. The zero-order chi connectivity index (χ0) is 20.4. The van der Waals surface area contributed by atoms with Crippen molar-refractivity contribution in [1.29, 1.82) is 0 Å². The van der Waals surface area contributed by atoms with E-state index in [0.717, 1.165) is 12.1 Å². The van der Waals surface area contributed by atoms with Gasteiger partial charge in [-0.1, -0.05) is 44.5 Å². The van der Waals surface area contributed by atoms with E-state index >= 15 is 0 Å². The van der Waals surface area contributed by atoms with Crippen LogP contribution in [0.1, 0.15) is 64.5 Å². The minimum absolute atomic E-state index is 0.0460. The molecule has 1 aliphatic carbocycles. The van der Waals surface area contributed by atoms with Gasteiger partial charge in [-0.05, 0) is 44.4 Å². The van der Waals surface area contributed by atoms with Crippen LogP contribution in [0.15, 0.2) is 24.3 Å². The van der Waals surface area contributed by atoms with E-state index in [1.54, 1.807) is 0 Å². The van der Waals surface area contributed by atoms with Crippen molar-refractivity contribution >= 4 is 5.91 Å². The Kier molecular flexibility index (Phi) is 6.47. The fourth-order valence-corrected chi connectivity index (χ4v) is 4.55. The van der Waals surface area contributed by atoms with Gasteiger partial charge in [-0.3, -0.25) is 9.69 Å². The van der Waals surface area contributed by atoms with Crippen molar-refractivity contribution in [3.63, 3.8) is 0 Å². The van der Waals surface area contributed by atoms with Crippen molar-refractivity contribution in [2.24, 2.45) is 11.1 Å². The van der Waals surface area contributed by atoms with Gasteiger partial charge in [0, 0.05) is 37.6 Å². The van der Waals surface area contributed by atoms with Gasteiger partial charge in [0.05, 0.1) is 6.10 Å². The lowest BCUT2D eigenvalue weighted by molar-refractivity contribution is -0.170. The molecule has 5 heteroatoms. The second-order valence-corrected chi connectivity index (χ2v) is 9.16. The molecule has 1 aliphatic heterocycles. The predicted molar refractivity (Wildman–Crippen MR) is 113 cm³/mol. The summed E-state index contributed by atoms with van der Waals surface area (Å²) in [4.78, 5) is 15.3. The zero-order valence-corrected chi connectivity index (χ0v) is 18.0. The molecule has 2 fully saturated rings. The van der Waals surface area contributed by atoms with Crippen LogP contribution in [0.2, 0.25) is 0 Å².